The molecule has 0 aliphatic heterocycles. The predicted molar refractivity (Wildman–Crippen MR) is 490 cm³/mol. The van der Waals surface area contributed by atoms with Gasteiger partial charge in [0, 0.05) is 38.4 Å². The fraction of sp³-hybridized carbons (Fsp3) is 0.0357. The Morgan fingerprint density at radius 2 is 0.471 bits per heavy atom. The minimum atomic E-state index is -0.589. The number of aromatic nitrogens is 7. The van der Waals surface area contributed by atoms with E-state index in [1.807, 2.05) is 24.3 Å². The van der Waals surface area contributed by atoms with E-state index in [4.69, 9.17) is 29.9 Å². The molecule has 0 saturated heterocycles. The third-order valence-electron chi connectivity index (χ3n) is 23.5. The smallest absolute Gasteiger partial charge is 0.238 e. The summed E-state index contributed by atoms with van der Waals surface area (Å²) in [4.78, 5) is 33.8. The molecule has 3 aromatic heterocycles. The summed E-state index contributed by atoms with van der Waals surface area (Å²) in [6.07, 6.45) is 0. The second-order valence-electron chi connectivity index (χ2n) is 31.4. The van der Waals surface area contributed by atoms with Crippen LogP contribution in [0.3, 0.4) is 0 Å². The number of nitrogens with zero attached hydrogens (tertiary/aromatic N) is 7. The quantitative estimate of drug-likeness (QED) is 0.0959. The van der Waals surface area contributed by atoms with Gasteiger partial charge >= 0.3 is 0 Å². The first-order valence-electron chi connectivity index (χ1n) is 40.6. The van der Waals surface area contributed by atoms with E-state index < -0.39 is 11.3 Å². The first-order valence-corrected chi connectivity index (χ1v) is 40.6. The Morgan fingerprint density at radius 3 is 0.866 bits per heavy atom. The van der Waals surface area contributed by atoms with Crippen molar-refractivity contribution in [1.29, 1.82) is 0 Å². The van der Waals surface area contributed by atoms with Crippen molar-refractivity contribution in [2.45, 2.75) is 25.2 Å². The van der Waals surface area contributed by atoms with Crippen LogP contribution in [-0.4, -0.2) is 34.5 Å². The van der Waals surface area contributed by atoms with Gasteiger partial charge in [-0.05, 0) is 231 Å². The van der Waals surface area contributed by atoms with Crippen LogP contribution in [0.4, 0.5) is 0 Å². The molecule has 0 saturated carbocycles. The molecule has 0 bridgehead atoms. The van der Waals surface area contributed by atoms with Gasteiger partial charge in [-0.1, -0.05) is 341 Å². The SMILES string of the molecule is CC1(C)c2cc(-c3cccc(-c4cc(-c5ccccc5)cc(-c5ccccc5)c4)c3)ccc2C(c2nc(-c3ccccc3)nc(-c3cccc(-c4cc(-c5ccccc5)cc(-c5ccccc5)c4)c3)n2)c2cc3c(cc21)c1ccccc1n3-c1nc(-c2ccccc2)nc(-c2cccc(-c3cc(-c4ccccc4)cc(-c4ccccc4)c3)c2)n1. The lowest BCUT2D eigenvalue weighted by molar-refractivity contribution is 0.592. The Labute approximate surface area is 692 Å². The van der Waals surface area contributed by atoms with Crippen molar-refractivity contribution in [1.82, 2.24) is 34.5 Å². The summed E-state index contributed by atoms with van der Waals surface area (Å²) in [6.45, 7) is 4.78. The zero-order chi connectivity index (χ0) is 79.3. The molecule has 560 valence electrons. The van der Waals surface area contributed by atoms with Crippen LogP contribution in [0.1, 0.15) is 47.8 Å². The highest BCUT2D eigenvalue weighted by atomic mass is 15.2. The van der Waals surface area contributed by atoms with E-state index in [1.165, 1.54) is 16.7 Å². The number of fused-ring (bicyclic) bond motifs is 5. The summed E-state index contributed by atoms with van der Waals surface area (Å²) >= 11 is 0. The van der Waals surface area contributed by atoms with Crippen molar-refractivity contribution in [3.05, 3.63) is 453 Å². The van der Waals surface area contributed by atoms with Crippen molar-refractivity contribution in [2.24, 2.45) is 0 Å². The van der Waals surface area contributed by atoms with Crippen molar-refractivity contribution in [3.8, 4) is 163 Å². The van der Waals surface area contributed by atoms with Crippen molar-refractivity contribution in [3.63, 3.8) is 0 Å². The highest BCUT2D eigenvalue weighted by molar-refractivity contribution is 6.10. The molecule has 7 nitrogen and oxygen atoms in total. The molecule has 1 aliphatic rings. The number of rotatable bonds is 16. The van der Waals surface area contributed by atoms with Crippen LogP contribution in [0.15, 0.2) is 425 Å². The van der Waals surface area contributed by atoms with Gasteiger partial charge in [-0.25, -0.2) is 19.9 Å². The Kier molecular flexibility index (Phi) is 18.2. The Hall–Kier alpha value is -15.4. The minimum Gasteiger partial charge on any atom is -0.278 e. The summed E-state index contributed by atoms with van der Waals surface area (Å²) in [7, 11) is 0. The largest absolute Gasteiger partial charge is 0.278 e. The molecule has 17 aromatic carbocycles. The Bertz CT molecular complexity index is 7040. The lowest BCUT2D eigenvalue weighted by atomic mass is 9.64. The van der Waals surface area contributed by atoms with E-state index in [0.29, 0.717) is 35.1 Å². The van der Waals surface area contributed by atoms with E-state index >= 15 is 0 Å². The predicted octanol–water partition coefficient (Wildman–Crippen LogP) is 28.3. The lowest BCUT2D eigenvalue weighted by Crippen LogP contribution is -2.31. The molecule has 1 unspecified atom stereocenters. The van der Waals surface area contributed by atoms with Crippen LogP contribution < -0.4 is 0 Å². The second-order valence-corrected chi connectivity index (χ2v) is 31.4. The number of benzene rings is 17. The van der Waals surface area contributed by atoms with Crippen molar-refractivity contribution >= 4 is 21.8 Å². The van der Waals surface area contributed by atoms with Gasteiger partial charge in [-0.3, -0.25) is 4.57 Å². The van der Waals surface area contributed by atoms with Crippen LogP contribution in [0.5, 0.6) is 0 Å². The van der Waals surface area contributed by atoms with E-state index in [0.717, 1.165) is 161 Å². The fourth-order valence-electron chi connectivity index (χ4n) is 17.5. The van der Waals surface area contributed by atoms with E-state index in [2.05, 4.69) is 419 Å². The molecule has 20 aromatic rings. The third kappa shape index (κ3) is 13.8. The van der Waals surface area contributed by atoms with Crippen LogP contribution in [0.2, 0.25) is 0 Å². The molecule has 1 aliphatic carbocycles. The summed E-state index contributed by atoms with van der Waals surface area (Å²) < 4.78 is 2.26. The normalized spacial score (nSPS) is 12.8. The van der Waals surface area contributed by atoms with E-state index in [-0.39, 0.29) is 0 Å². The van der Waals surface area contributed by atoms with Crippen LogP contribution in [-0.2, 0) is 5.41 Å². The molecular weight excluding hydrogens is 1440 g/mol. The van der Waals surface area contributed by atoms with Gasteiger partial charge in [-0.15, -0.1) is 0 Å². The molecule has 0 amide bonds. The van der Waals surface area contributed by atoms with Gasteiger partial charge in [0.1, 0.15) is 5.82 Å². The average Bonchev–Trinajstić information content (AvgIpc) is 1.66. The second kappa shape index (κ2) is 30.4. The molecule has 1 atom stereocenters. The summed E-state index contributed by atoms with van der Waals surface area (Å²) in [5.41, 5.74) is 31.8. The van der Waals surface area contributed by atoms with Gasteiger partial charge in [0.25, 0.3) is 0 Å². The van der Waals surface area contributed by atoms with Crippen LogP contribution in [0, 0.1) is 0 Å². The number of hydrogen-bond donors (Lipinski definition) is 0. The van der Waals surface area contributed by atoms with E-state index in [9.17, 15) is 0 Å². The maximum atomic E-state index is 5.85. The first-order chi connectivity index (χ1) is 58.7. The lowest BCUT2D eigenvalue weighted by Gasteiger charge is -2.39. The van der Waals surface area contributed by atoms with Gasteiger partial charge in [0.15, 0.2) is 23.3 Å². The van der Waals surface area contributed by atoms with E-state index in [1.54, 1.807) is 0 Å². The molecule has 119 heavy (non-hydrogen) atoms. The standard InChI is InChI=1S/C112H77N7/c1-112(2)101-70-85(81-48-29-49-82(58-81)94-64-88(73-32-11-3-12-33-73)61-89(65-94)74-34-13-4-14-35-74)56-57-98(101)105(110-115-106(79-44-23-9-24-45-79)113-108(116-110)86-52-30-50-83(59-86)95-66-90(75-36-15-5-16-37-75)62-91(67-95)76-38-17-6-18-39-76)100-72-104-99(71-102(100)112)97-54-27-28-55-103(97)119(104)111-117-107(80-46-25-10-26-47-80)114-109(118-111)87-53-31-51-84(60-87)96-68-92(77-40-19-7-20-41-77)63-93(69-96)78-42-21-8-22-43-78/h3-72,105H,1-2H3. The molecule has 3 heterocycles. The highest BCUT2D eigenvalue weighted by Gasteiger charge is 2.41. The Balaban J connectivity index is 0.764. The molecule has 21 rings (SSSR count). The van der Waals surface area contributed by atoms with Crippen molar-refractivity contribution < 1.29 is 0 Å². The number of para-hydroxylation sites is 1. The molecule has 0 fully saturated rings. The average molecular weight is 1520 g/mol. The zero-order valence-corrected chi connectivity index (χ0v) is 65.6. The molecule has 7 heteroatoms. The first kappa shape index (κ1) is 71.3. The maximum absolute atomic E-state index is 5.85. The molecule has 0 N–H and O–H groups in total. The van der Waals surface area contributed by atoms with Gasteiger partial charge < -0.3 is 0 Å². The monoisotopic (exact) mass is 1520 g/mol. The van der Waals surface area contributed by atoms with Gasteiger partial charge in [0.05, 0.1) is 17.0 Å². The summed E-state index contributed by atoms with van der Waals surface area (Å²) in [6, 6.07) is 152. The Morgan fingerprint density at radius 1 is 0.193 bits per heavy atom. The number of hydrogen-bond acceptors (Lipinski definition) is 6. The van der Waals surface area contributed by atoms with Gasteiger partial charge in [0.2, 0.25) is 5.95 Å². The highest BCUT2D eigenvalue weighted by Crippen LogP contribution is 2.53. The third-order valence-corrected chi connectivity index (χ3v) is 23.5. The molecular formula is C112H77N7. The zero-order valence-electron chi connectivity index (χ0n) is 65.6. The molecule has 0 spiro atoms. The summed E-state index contributed by atoms with van der Waals surface area (Å²) in [5.74, 6) is 2.83. The van der Waals surface area contributed by atoms with Crippen LogP contribution in [0.25, 0.3) is 185 Å². The topological polar surface area (TPSA) is 82.3 Å². The molecule has 0 radical (unpaired) electrons. The van der Waals surface area contributed by atoms with Gasteiger partial charge in [-0.2, -0.15) is 9.97 Å². The fourth-order valence-corrected chi connectivity index (χ4v) is 17.5. The minimum absolute atomic E-state index is 0.490. The van der Waals surface area contributed by atoms with Crippen LogP contribution >= 0.6 is 0 Å². The summed E-state index contributed by atoms with van der Waals surface area (Å²) in [5, 5.41) is 2.13. The maximum Gasteiger partial charge on any atom is 0.238 e. The van der Waals surface area contributed by atoms with Crippen molar-refractivity contribution in [2.75, 3.05) is 0 Å².